The van der Waals surface area contributed by atoms with Crippen molar-refractivity contribution >= 4 is 26.2 Å². The van der Waals surface area contributed by atoms with Gasteiger partial charge in [0, 0.05) is 0 Å². The molecule has 0 unspecified atom stereocenters. The summed E-state index contributed by atoms with van der Waals surface area (Å²) in [6, 6.07) is 0. The molecule has 1 aromatic rings. The van der Waals surface area contributed by atoms with Crippen LogP contribution in [-0.2, 0) is 0 Å². The van der Waals surface area contributed by atoms with Crippen molar-refractivity contribution in [2.75, 3.05) is 0 Å². The Morgan fingerprint density at radius 3 is 2.57 bits per heavy atom. The zero-order valence-electron chi connectivity index (χ0n) is 3.87. The molecule has 0 aliphatic carbocycles. The molecule has 36 valence electrons. The first-order chi connectivity index (χ1) is 3.39. The zero-order chi connectivity index (χ0) is 5.11. The molecule has 0 spiro atoms. The maximum absolute atomic E-state index is 3.65. The van der Waals surface area contributed by atoms with Crippen molar-refractivity contribution < 1.29 is 0 Å². The van der Waals surface area contributed by atoms with Crippen molar-refractivity contribution in [1.29, 1.82) is 0 Å². The topological polar surface area (TPSA) is 51.6 Å². The van der Waals surface area contributed by atoms with E-state index in [4.69, 9.17) is 0 Å². The van der Waals surface area contributed by atoms with E-state index < -0.39 is 0 Å². The van der Waals surface area contributed by atoms with Crippen LogP contribution in [0.1, 0.15) is 0 Å². The van der Waals surface area contributed by atoms with E-state index in [1.165, 1.54) is 0 Å². The van der Waals surface area contributed by atoms with Crippen LogP contribution in [0.2, 0.25) is 0 Å². The Morgan fingerprint density at radius 1 is 1.43 bits per heavy atom. The zero-order valence-corrected chi connectivity index (χ0v) is 9.57. The molecular weight excluding hydrogens is 199 g/mol. The van der Waals surface area contributed by atoms with Crippen LogP contribution in [-0.4, -0.2) is 43.1 Å². The van der Waals surface area contributed by atoms with Crippen molar-refractivity contribution in [2.24, 2.45) is 0 Å². The molecule has 0 saturated carbocycles. The second-order valence-corrected chi connectivity index (χ2v) is 4.09. The van der Waals surface area contributed by atoms with Gasteiger partial charge in [0.05, 0.1) is 0 Å². The van der Waals surface area contributed by atoms with Crippen LogP contribution < -0.4 is 3.71 Å². The monoisotopic (exact) mass is 204 g/mol. The van der Waals surface area contributed by atoms with E-state index in [0.29, 0.717) is 22.5 Å². The average molecular weight is 203 g/mol. The summed E-state index contributed by atoms with van der Waals surface area (Å²) in [7, 11) is 0. The Bertz CT molecular complexity index is 140. The Labute approximate surface area is 53.4 Å². The van der Waals surface area contributed by atoms with Gasteiger partial charge in [-0.15, -0.1) is 0 Å². The Morgan fingerprint density at radius 2 is 2.29 bits per heavy atom. The first kappa shape index (κ1) is 4.89. The predicted molar refractivity (Wildman–Crippen MR) is 27.2 cm³/mol. The fourth-order valence-corrected chi connectivity index (χ4v) is 0.834. The van der Waals surface area contributed by atoms with Crippen LogP contribution in [0, 0.1) is 0 Å². The third kappa shape index (κ3) is 1.34. The fourth-order valence-electron chi connectivity index (χ4n) is 0.249. The van der Waals surface area contributed by atoms with Crippen LogP contribution in [0.5, 0.6) is 0 Å². The number of aromatic nitrogens is 4. The molecule has 5 heteroatoms. The summed E-state index contributed by atoms with van der Waals surface area (Å²) < 4.78 is 0.997. The van der Waals surface area contributed by atoms with Crippen molar-refractivity contribution in [3.8, 4) is 0 Å². The SMILES string of the molecule is [SnH3][c]1cnnnn1. The van der Waals surface area contributed by atoms with Gasteiger partial charge in [-0.3, -0.25) is 0 Å². The second kappa shape index (κ2) is 2.15. The first-order valence-corrected chi connectivity index (χ1v) is 4.72. The Hall–Kier alpha value is -0.261. The van der Waals surface area contributed by atoms with Crippen molar-refractivity contribution in [3.05, 3.63) is 6.20 Å². The summed E-state index contributed by atoms with van der Waals surface area (Å²) in [6.07, 6.45) is 1.64. The Balaban J connectivity index is 3.02. The summed E-state index contributed by atoms with van der Waals surface area (Å²) in [4.78, 5) is 0. The molecule has 1 aromatic heterocycles. The van der Waals surface area contributed by atoms with Crippen LogP contribution in [0.25, 0.3) is 0 Å². The van der Waals surface area contributed by atoms with E-state index in [1.54, 1.807) is 6.20 Å². The molecule has 4 nitrogen and oxygen atoms in total. The molecule has 0 aromatic carbocycles. The van der Waals surface area contributed by atoms with Gasteiger partial charge in [-0.1, -0.05) is 0 Å². The maximum atomic E-state index is 3.65. The average Bonchev–Trinajstić information content (AvgIpc) is 1.69. The van der Waals surface area contributed by atoms with Crippen molar-refractivity contribution in [3.63, 3.8) is 0 Å². The summed E-state index contributed by atoms with van der Waals surface area (Å²) in [5.74, 6) is 0. The molecule has 7 heavy (non-hydrogen) atoms. The molecule has 0 radical (unpaired) electrons. The minimum atomic E-state index is 0.432. The molecule has 0 N–H and O–H groups in total. The molecule has 0 fully saturated rings. The van der Waals surface area contributed by atoms with Gasteiger partial charge in [-0.2, -0.15) is 0 Å². The van der Waals surface area contributed by atoms with Crippen LogP contribution in [0.3, 0.4) is 0 Å². The molecule has 0 aliphatic rings. The van der Waals surface area contributed by atoms with E-state index in [-0.39, 0.29) is 0 Å². The normalized spacial score (nSPS) is 9.14. The Kier molecular flexibility index (Phi) is 1.50. The van der Waals surface area contributed by atoms with E-state index >= 15 is 0 Å². The third-order valence-electron chi connectivity index (χ3n) is 0.539. The van der Waals surface area contributed by atoms with Gasteiger partial charge in [0.1, 0.15) is 0 Å². The van der Waals surface area contributed by atoms with Crippen molar-refractivity contribution in [1.82, 2.24) is 20.6 Å². The number of hydrogen-bond acceptors (Lipinski definition) is 4. The summed E-state index contributed by atoms with van der Waals surface area (Å²) >= 11 is 0.432. The standard InChI is InChI=1S/C2HN4.Sn.3H/c1-2-4-6-5-3-1;;;;/h1H;;;;. The minimum absolute atomic E-state index is 0.432. The van der Waals surface area contributed by atoms with Crippen LogP contribution in [0.4, 0.5) is 0 Å². The third-order valence-corrected chi connectivity index (χ3v) is 1.85. The van der Waals surface area contributed by atoms with Gasteiger partial charge in [-0.05, 0) is 0 Å². The number of rotatable bonds is 0. The molecule has 0 saturated heterocycles. The van der Waals surface area contributed by atoms with E-state index in [1.807, 2.05) is 0 Å². The molecule has 0 bridgehead atoms. The van der Waals surface area contributed by atoms with Crippen LogP contribution in [0.15, 0.2) is 6.20 Å². The summed E-state index contributed by atoms with van der Waals surface area (Å²) in [6.45, 7) is 0. The van der Waals surface area contributed by atoms with E-state index in [2.05, 4.69) is 20.6 Å². The van der Waals surface area contributed by atoms with Gasteiger partial charge in [0.2, 0.25) is 0 Å². The van der Waals surface area contributed by atoms with Gasteiger partial charge in [0.15, 0.2) is 0 Å². The molecule has 0 atom stereocenters. The number of nitrogens with zero attached hydrogens (tertiary/aromatic N) is 4. The molecule has 0 amide bonds. The van der Waals surface area contributed by atoms with Crippen molar-refractivity contribution in [2.45, 2.75) is 0 Å². The van der Waals surface area contributed by atoms with Gasteiger partial charge < -0.3 is 0 Å². The quantitative estimate of drug-likeness (QED) is 0.429. The predicted octanol–water partition coefficient (Wildman–Crippen LogP) is -2.74. The van der Waals surface area contributed by atoms with E-state index in [9.17, 15) is 0 Å². The van der Waals surface area contributed by atoms with Gasteiger partial charge in [0.25, 0.3) is 0 Å². The summed E-state index contributed by atoms with van der Waals surface area (Å²) in [5, 5.41) is 13.8. The molecule has 0 aliphatic heterocycles. The van der Waals surface area contributed by atoms with E-state index in [0.717, 1.165) is 3.71 Å². The molecular formula is C2H4N4Sn. The first-order valence-electron chi connectivity index (χ1n) is 1.87. The van der Waals surface area contributed by atoms with Gasteiger partial charge >= 0.3 is 53.1 Å². The number of hydrogen-bond donors (Lipinski definition) is 0. The second-order valence-electron chi connectivity index (χ2n) is 1.16. The fraction of sp³-hybridized carbons (Fsp3) is 0. The summed E-state index contributed by atoms with van der Waals surface area (Å²) in [5.41, 5.74) is 0. The molecule has 1 rings (SSSR count). The van der Waals surface area contributed by atoms with Gasteiger partial charge in [-0.25, -0.2) is 0 Å². The van der Waals surface area contributed by atoms with Crippen LogP contribution >= 0.6 is 0 Å². The molecule has 1 heterocycles.